The molecule has 3 aromatic rings. The van der Waals surface area contributed by atoms with Crippen LogP contribution < -0.4 is 31.9 Å². The third-order valence-electron chi connectivity index (χ3n) is 15.0. The summed E-state index contributed by atoms with van der Waals surface area (Å²) in [5, 5.41) is 96.1. The van der Waals surface area contributed by atoms with Crippen LogP contribution in [0.1, 0.15) is 68.9 Å². The van der Waals surface area contributed by atoms with E-state index >= 15 is 0 Å². The highest BCUT2D eigenvalue weighted by Gasteiger charge is 2.32. The van der Waals surface area contributed by atoms with Gasteiger partial charge in [-0.1, -0.05) is 54.6 Å². The summed E-state index contributed by atoms with van der Waals surface area (Å²) >= 11 is 5.66. The normalized spacial score (nSPS) is 18.7. The first kappa shape index (κ1) is 68.2. The Morgan fingerprint density at radius 3 is 1.75 bits per heavy atom. The minimum absolute atomic E-state index is 0.0666. The number of rotatable bonds is 30. The number of aliphatic hydroxyl groups is 2. The number of hydrogen-bond acceptors (Lipinski definition) is 16. The first-order valence-corrected chi connectivity index (χ1v) is 28.8. The number of hydrogen-bond donors (Lipinski definition) is 14. The lowest BCUT2D eigenvalue weighted by Gasteiger charge is -2.38. The molecule has 0 radical (unpaired) electrons. The summed E-state index contributed by atoms with van der Waals surface area (Å²) in [4.78, 5) is 117. The first-order chi connectivity index (χ1) is 40.5. The van der Waals surface area contributed by atoms with Crippen LogP contribution in [0.4, 0.5) is 10.5 Å². The van der Waals surface area contributed by atoms with E-state index in [1.165, 1.54) is 0 Å². The van der Waals surface area contributed by atoms with Crippen LogP contribution in [0.3, 0.4) is 0 Å². The molecule has 4 amide bonds. The van der Waals surface area contributed by atoms with Gasteiger partial charge in [-0.15, -0.1) is 0 Å². The highest BCUT2D eigenvalue weighted by atomic mass is 32.1. The van der Waals surface area contributed by atoms with Crippen molar-refractivity contribution in [3.05, 3.63) is 77.9 Å². The molecule has 0 bridgehead atoms. The average Bonchev–Trinajstić information content (AvgIpc) is 3.52. The Kier molecular flexibility index (Phi) is 28.1. The zero-order valence-corrected chi connectivity index (χ0v) is 48.1. The molecule has 5 rings (SSSR count). The summed E-state index contributed by atoms with van der Waals surface area (Å²) in [5.74, 6) is -8.25. The number of nitrogens with zero attached hydrogens (tertiary/aromatic N) is 4. The number of fused-ring (bicyclic) bond motifs is 1. The third-order valence-corrected chi connectivity index (χ3v) is 15.3. The van der Waals surface area contributed by atoms with E-state index in [4.69, 9.17) is 17.3 Å². The number of carbonyl (C=O) groups excluding carboxylic acids is 3. The summed E-state index contributed by atoms with van der Waals surface area (Å²) in [6, 6.07) is 15.4. The maximum absolute atomic E-state index is 13.9. The summed E-state index contributed by atoms with van der Waals surface area (Å²) in [7, 11) is 0. The number of nitrogens with one attached hydrogen (secondary N) is 6. The van der Waals surface area contributed by atoms with Gasteiger partial charge in [0.15, 0.2) is 11.4 Å². The molecule has 466 valence electrons. The summed E-state index contributed by atoms with van der Waals surface area (Å²) in [6.07, 6.45) is 0.860. The molecule has 1 aliphatic heterocycles. The maximum Gasteiger partial charge on any atom is 0.326 e. The van der Waals surface area contributed by atoms with Gasteiger partial charge in [0.25, 0.3) is 0 Å². The third kappa shape index (κ3) is 25.3. The van der Waals surface area contributed by atoms with Crippen molar-refractivity contribution < 1.29 is 84.0 Å². The van der Waals surface area contributed by atoms with Gasteiger partial charge in [-0.25, -0.2) is 14.4 Å². The standard InChI is InChI=1S/C57H80N10O17S/c68-47(69)19-18-45(55(82)83)63-56(84)62-44(54(80)81)7-3-4-20-58-53(79)46(29-38-10-13-39-5-1-2-6-41(39)27-38)61-52(78)40-14-8-37(9-15-40)30-59-57(85)60-42-16-11-36(12-17-42)28-43-31-66(34-50(74)75)24-23-64(32-48(70)71)21-22-65(33-49(72)73)25-26-67(43)35-51(76)77/h1-2,5-6,10-13,16-17,27,37,40,43-46,50,74-75H,3-4,7-9,14-15,18-26,28-35H2,(H,58,79)(H,61,78)(H,68,69)(H,70,71)(H,72,73)(H,76,77)(H,80,81)(H,82,83)(H2,59,60,85)(H2,62,63,84)/t37-,40-,43?,44-,45-,46-/m0/s1. The molecule has 0 spiro atoms. The molecule has 1 unspecified atom stereocenters. The maximum atomic E-state index is 13.9. The van der Waals surface area contributed by atoms with Crippen LogP contribution in [-0.2, 0) is 51.2 Å². The van der Waals surface area contributed by atoms with E-state index in [1.54, 1.807) is 19.6 Å². The Morgan fingerprint density at radius 2 is 1.16 bits per heavy atom. The van der Waals surface area contributed by atoms with E-state index in [0.717, 1.165) is 21.9 Å². The summed E-state index contributed by atoms with van der Waals surface area (Å²) in [6.45, 7) is 0.891. The number of unbranched alkanes of at least 4 members (excludes halogenated alkanes) is 1. The van der Waals surface area contributed by atoms with Gasteiger partial charge < -0.3 is 72.8 Å². The first-order valence-electron chi connectivity index (χ1n) is 28.4. The number of aliphatic carboxylic acids is 6. The fourth-order valence-corrected chi connectivity index (χ4v) is 10.7. The number of carboxylic acid groups (broad SMARTS) is 6. The van der Waals surface area contributed by atoms with Crippen molar-refractivity contribution in [2.24, 2.45) is 11.8 Å². The second kappa shape index (κ2) is 35.0. The number of carboxylic acids is 6. The number of anilines is 1. The molecule has 3 aromatic carbocycles. The number of carbonyl (C=O) groups is 9. The minimum atomic E-state index is -1.72. The highest BCUT2D eigenvalue weighted by molar-refractivity contribution is 7.80. The smallest absolute Gasteiger partial charge is 0.326 e. The van der Waals surface area contributed by atoms with Crippen LogP contribution in [0.25, 0.3) is 10.8 Å². The summed E-state index contributed by atoms with van der Waals surface area (Å²) in [5.41, 5.74) is 2.32. The number of thiocarbonyl (C=S) groups is 1. The molecule has 1 saturated carbocycles. The number of urea groups is 1. The Labute approximate surface area is 497 Å². The van der Waals surface area contributed by atoms with Crippen LogP contribution in [-0.4, -0.2) is 235 Å². The molecule has 1 saturated heterocycles. The molecule has 1 heterocycles. The molecular formula is C57H80N10O17S. The van der Waals surface area contributed by atoms with Gasteiger partial charge in [-0.2, -0.15) is 0 Å². The van der Waals surface area contributed by atoms with Crippen molar-refractivity contribution in [3.63, 3.8) is 0 Å². The van der Waals surface area contributed by atoms with Gasteiger partial charge in [0.05, 0.1) is 19.6 Å². The molecule has 4 atom stereocenters. The Morgan fingerprint density at radius 1 is 0.588 bits per heavy atom. The van der Waals surface area contributed by atoms with Crippen LogP contribution in [0.5, 0.6) is 0 Å². The Hall–Kier alpha value is -7.60. The molecule has 85 heavy (non-hydrogen) atoms. The van der Waals surface area contributed by atoms with Gasteiger partial charge >= 0.3 is 41.8 Å². The van der Waals surface area contributed by atoms with Crippen molar-refractivity contribution in [1.29, 1.82) is 0 Å². The number of benzene rings is 3. The van der Waals surface area contributed by atoms with Crippen molar-refractivity contribution in [1.82, 2.24) is 46.2 Å². The van der Waals surface area contributed by atoms with Gasteiger partial charge in [-0.3, -0.25) is 48.4 Å². The van der Waals surface area contributed by atoms with Crippen molar-refractivity contribution in [2.75, 3.05) is 90.4 Å². The molecule has 27 nitrogen and oxygen atoms in total. The number of amides is 4. The van der Waals surface area contributed by atoms with Crippen molar-refractivity contribution in [3.8, 4) is 0 Å². The fraction of sp³-hybridized carbons (Fsp3) is 0.544. The second-order valence-electron chi connectivity index (χ2n) is 21.6. The number of aliphatic hydroxyl groups excluding tert-OH is 1. The largest absolute Gasteiger partial charge is 0.481 e. The minimum Gasteiger partial charge on any atom is -0.481 e. The van der Waals surface area contributed by atoms with E-state index < -0.39 is 91.1 Å². The van der Waals surface area contributed by atoms with Crippen LogP contribution in [0.2, 0.25) is 0 Å². The highest BCUT2D eigenvalue weighted by Crippen LogP contribution is 2.29. The van der Waals surface area contributed by atoms with Gasteiger partial charge in [-0.05, 0) is 110 Å². The van der Waals surface area contributed by atoms with E-state index in [-0.39, 0.29) is 116 Å². The molecule has 2 fully saturated rings. The van der Waals surface area contributed by atoms with Gasteiger partial charge in [0.1, 0.15) is 18.1 Å². The molecular weight excluding hydrogens is 1130 g/mol. The van der Waals surface area contributed by atoms with E-state index in [9.17, 15) is 78.9 Å². The monoisotopic (exact) mass is 1210 g/mol. The number of β-amino-alcohol motifs (C(OH)–C–C–N with tert-alkyl or cyclic N) is 2. The fourth-order valence-electron chi connectivity index (χ4n) is 10.5. The van der Waals surface area contributed by atoms with Gasteiger partial charge in [0.2, 0.25) is 11.8 Å². The lowest BCUT2D eigenvalue weighted by atomic mass is 9.81. The quantitative estimate of drug-likeness (QED) is 0.0248. The lowest BCUT2D eigenvalue weighted by molar-refractivity contribution is -0.141. The predicted octanol–water partition coefficient (Wildman–Crippen LogP) is 0.714. The second-order valence-corrected chi connectivity index (χ2v) is 22.0. The van der Waals surface area contributed by atoms with E-state index in [1.807, 2.05) is 66.7 Å². The molecule has 2 aliphatic rings. The predicted molar refractivity (Wildman–Crippen MR) is 313 cm³/mol. The molecule has 0 aromatic heterocycles. The van der Waals surface area contributed by atoms with Gasteiger partial charge in [0, 0.05) is 95.9 Å². The molecule has 28 heteroatoms. The van der Waals surface area contributed by atoms with E-state index in [0.29, 0.717) is 55.9 Å². The molecule has 1 aliphatic carbocycles. The van der Waals surface area contributed by atoms with Crippen molar-refractivity contribution >= 4 is 87.5 Å². The van der Waals surface area contributed by atoms with Crippen LogP contribution >= 0.6 is 12.2 Å². The Balaban J connectivity index is 1.13. The van der Waals surface area contributed by atoms with Crippen LogP contribution in [0, 0.1) is 11.8 Å². The average molecular weight is 1210 g/mol. The Bertz CT molecular complexity index is 2750. The van der Waals surface area contributed by atoms with Crippen LogP contribution in [0.15, 0.2) is 66.7 Å². The SMILES string of the molecule is O=C(O)CC[C@H](NC(=O)N[C@@H](CCCCNC(=O)[C@H](Cc1ccc2ccccc2c1)NC(=O)[C@H]1CC[C@H](CNC(=S)Nc2ccc(CC3CN(CC(O)O)CCN(CC(=O)O)CCN(CC(=O)O)CCN3CC(=O)O)cc2)CC1)C(=O)O)C(=O)O. The topological polar surface area (TPSA) is 401 Å². The van der Waals surface area contributed by atoms with E-state index in [2.05, 4.69) is 31.9 Å². The summed E-state index contributed by atoms with van der Waals surface area (Å²) < 4.78 is 0. The van der Waals surface area contributed by atoms with Crippen molar-refractivity contribution in [2.45, 2.75) is 101 Å². The zero-order valence-electron chi connectivity index (χ0n) is 47.3. The zero-order chi connectivity index (χ0) is 62.0. The lowest BCUT2D eigenvalue weighted by Crippen LogP contribution is -2.53. The molecule has 14 N–H and O–H groups in total.